The smallest absolute Gasteiger partial charge is 0.269 e. The topological polar surface area (TPSA) is 98.6 Å². The standard InChI is InChI=1S/C17H18N4O2S/c1-2-14-13(10-18)16(23)21-17(20-14)24-11-15(22)19-9-8-12-6-4-3-5-7-12/h3-7H,2,8-9,11H2,1H3,(H,19,22)(H,20,21,23). The Bertz CT molecular complexity index is 796. The molecule has 0 radical (unpaired) electrons. The van der Waals surface area contributed by atoms with Crippen molar-refractivity contribution in [3.05, 3.63) is 57.5 Å². The lowest BCUT2D eigenvalue weighted by Crippen LogP contribution is -2.27. The normalized spacial score (nSPS) is 10.2. The van der Waals surface area contributed by atoms with Crippen molar-refractivity contribution in [1.29, 1.82) is 5.26 Å². The first-order valence-electron chi connectivity index (χ1n) is 7.60. The Labute approximate surface area is 144 Å². The SMILES string of the molecule is CCc1nc(SCC(=O)NCCc2ccccc2)[nH]c(=O)c1C#N. The van der Waals surface area contributed by atoms with E-state index in [9.17, 15) is 9.59 Å². The van der Waals surface area contributed by atoms with E-state index in [-0.39, 0.29) is 17.2 Å². The van der Waals surface area contributed by atoms with Gasteiger partial charge in [-0.05, 0) is 18.4 Å². The third-order valence-corrected chi connectivity index (χ3v) is 4.21. The molecule has 2 rings (SSSR count). The van der Waals surface area contributed by atoms with Gasteiger partial charge >= 0.3 is 0 Å². The van der Waals surface area contributed by atoms with Gasteiger partial charge in [0.15, 0.2) is 5.16 Å². The second-order valence-electron chi connectivity index (χ2n) is 5.03. The molecule has 1 heterocycles. The molecule has 6 nitrogen and oxygen atoms in total. The van der Waals surface area contributed by atoms with Gasteiger partial charge in [-0.25, -0.2) is 4.98 Å². The van der Waals surface area contributed by atoms with Crippen LogP contribution in [0.4, 0.5) is 0 Å². The van der Waals surface area contributed by atoms with E-state index in [2.05, 4.69) is 15.3 Å². The van der Waals surface area contributed by atoms with E-state index in [4.69, 9.17) is 5.26 Å². The van der Waals surface area contributed by atoms with Crippen LogP contribution in [0.15, 0.2) is 40.3 Å². The number of aryl methyl sites for hydroxylation is 1. The number of hydrogen-bond donors (Lipinski definition) is 2. The first kappa shape index (κ1) is 17.8. The van der Waals surface area contributed by atoms with Crippen molar-refractivity contribution in [2.75, 3.05) is 12.3 Å². The second kappa shape index (κ2) is 8.89. The van der Waals surface area contributed by atoms with Gasteiger partial charge in [-0.15, -0.1) is 0 Å². The van der Waals surface area contributed by atoms with Gasteiger partial charge in [-0.1, -0.05) is 49.0 Å². The molecule has 7 heteroatoms. The van der Waals surface area contributed by atoms with E-state index in [1.165, 1.54) is 0 Å². The number of hydrogen-bond acceptors (Lipinski definition) is 5. The van der Waals surface area contributed by atoms with Gasteiger partial charge in [-0.3, -0.25) is 9.59 Å². The quantitative estimate of drug-likeness (QED) is 0.589. The zero-order valence-electron chi connectivity index (χ0n) is 13.3. The van der Waals surface area contributed by atoms with E-state index < -0.39 is 5.56 Å². The van der Waals surface area contributed by atoms with Crippen LogP contribution in [0.5, 0.6) is 0 Å². The number of carbonyl (C=O) groups is 1. The minimum Gasteiger partial charge on any atom is -0.355 e. The first-order chi connectivity index (χ1) is 11.6. The van der Waals surface area contributed by atoms with Crippen LogP contribution in [0.1, 0.15) is 23.7 Å². The maximum Gasteiger partial charge on any atom is 0.269 e. The van der Waals surface area contributed by atoms with E-state index in [0.29, 0.717) is 23.8 Å². The number of aromatic nitrogens is 2. The van der Waals surface area contributed by atoms with Gasteiger partial charge in [0.2, 0.25) is 5.91 Å². The summed E-state index contributed by atoms with van der Waals surface area (Å²) in [6, 6.07) is 11.8. The Kier molecular flexibility index (Phi) is 6.58. The Morgan fingerprint density at radius 3 is 2.79 bits per heavy atom. The molecule has 0 aliphatic rings. The summed E-state index contributed by atoms with van der Waals surface area (Å²) in [7, 11) is 0. The van der Waals surface area contributed by atoms with E-state index in [1.807, 2.05) is 43.3 Å². The number of nitrogens with one attached hydrogen (secondary N) is 2. The highest BCUT2D eigenvalue weighted by Crippen LogP contribution is 2.12. The van der Waals surface area contributed by atoms with Crippen LogP contribution < -0.4 is 10.9 Å². The third-order valence-electron chi connectivity index (χ3n) is 3.34. The fourth-order valence-corrected chi connectivity index (χ4v) is 2.82. The lowest BCUT2D eigenvalue weighted by Gasteiger charge is -2.06. The summed E-state index contributed by atoms with van der Waals surface area (Å²) in [6.07, 6.45) is 1.26. The number of carbonyl (C=O) groups excluding carboxylic acids is 1. The molecule has 1 aromatic carbocycles. The van der Waals surface area contributed by atoms with Crippen LogP contribution in [0, 0.1) is 11.3 Å². The number of benzene rings is 1. The molecule has 0 spiro atoms. The van der Waals surface area contributed by atoms with Crippen LogP contribution in [0.2, 0.25) is 0 Å². The highest BCUT2D eigenvalue weighted by atomic mass is 32.2. The van der Waals surface area contributed by atoms with Gasteiger partial charge in [0.05, 0.1) is 11.4 Å². The molecule has 0 atom stereocenters. The lowest BCUT2D eigenvalue weighted by atomic mass is 10.1. The summed E-state index contributed by atoms with van der Waals surface area (Å²) < 4.78 is 0. The zero-order valence-corrected chi connectivity index (χ0v) is 14.2. The number of nitriles is 1. The largest absolute Gasteiger partial charge is 0.355 e. The average molecular weight is 342 g/mol. The molecule has 1 aromatic heterocycles. The Morgan fingerprint density at radius 2 is 2.12 bits per heavy atom. The predicted octanol–water partition coefficient (Wildman–Crippen LogP) is 1.65. The minimum absolute atomic E-state index is 0.0363. The fraction of sp³-hybridized carbons (Fsp3) is 0.294. The molecular weight excluding hydrogens is 324 g/mol. The lowest BCUT2D eigenvalue weighted by molar-refractivity contribution is -0.118. The van der Waals surface area contributed by atoms with Gasteiger partial charge in [0.1, 0.15) is 11.6 Å². The number of nitrogens with zero attached hydrogens (tertiary/aromatic N) is 2. The van der Waals surface area contributed by atoms with Crippen LogP contribution in [-0.4, -0.2) is 28.2 Å². The van der Waals surface area contributed by atoms with Crippen molar-refractivity contribution in [3.8, 4) is 6.07 Å². The summed E-state index contributed by atoms with van der Waals surface area (Å²) in [6.45, 7) is 2.38. The van der Waals surface area contributed by atoms with Gasteiger partial charge in [0, 0.05) is 6.54 Å². The van der Waals surface area contributed by atoms with Gasteiger partial charge < -0.3 is 10.3 Å². The van der Waals surface area contributed by atoms with Gasteiger partial charge in [0.25, 0.3) is 5.56 Å². The maximum absolute atomic E-state index is 11.9. The zero-order chi connectivity index (χ0) is 17.4. The van der Waals surface area contributed by atoms with Crippen LogP contribution >= 0.6 is 11.8 Å². The fourth-order valence-electron chi connectivity index (χ4n) is 2.11. The van der Waals surface area contributed by atoms with Crippen molar-refractivity contribution in [2.24, 2.45) is 0 Å². The van der Waals surface area contributed by atoms with Crippen LogP contribution in [0.3, 0.4) is 0 Å². The van der Waals surface area contributed by atoms with Crippen LogP contribution in [-0.2, 0) is 17.6 Å². The van der Waals surface area contributed by atoms with Crippen molar-refractivity contribution >= 4 is 17.7 Å². The molecule has 0 bridgehead atoms. The second-order valence-corrected chi connectivity index (χ2v) is 6.00. The highest BCUT2D eigenvalue weighted by Gasteiger charge is 2.11. The summed E-state index contributed by atoms with van der Waals surface area (Å²) in [4.78, 5) is 30.4. The highest BCUT2D eigenvalue weighted by molar-refractivity contribution is 7.99. The summed E-state index contributed by atoms with van der Waals surface area (Å²) in [5.41, 5.74) is 1.19. The summed E-state index contributed by atoms with van der Waals surface area (Å²) >= 11 is 1.15. The molecule has 24 heavy (non-hydrogen) atoms. The molecule has 0 aliphatic carbocycles. The summed E-state index contributed by atoms with van der Waals surface area (Å²) in [5, 5.41) is 12.1. The van der Waals surface area contributed by atoms with E-state index >= 15 is 0 Å². The molecule has 0 unspecified atom stereocenters. The molecule has 0 saturated carbocycles. The minimum atomic E-state index is -0.462. The molecule has 0 fully saturated rings. The third kappa shape index (κ3) is 4.96. The number of H-pyrrole nitrogens is 1. The number of thioether (sulfide) groups is 1. The number of rotatable bonds is 7. The van der Waals surface area contributed by atoms with E-state index in [0.717, 1.165) is 23.7 Å². The Hall–Kier alpha value is -2.59. The average Bonchev–Trinajstić information content (AvgIpc) is 2.60. The molecule has 2 aromatic rings. The first-order valence-corrected chi connectivity index (χ1v) is 8.59. The molecule has 2 N–H and O–H groups in total. The molecule has 1 amide bonds. The molecule has 0 aliphatic heterocycles. The maximum atomic E-state index is 11.9. The Morgan fingerprint density at radius 1 is 1.38 bits per heavy atom. The number of amides is 1. The van der Waals surface area contributed by atoms with Crippen molar-refractivity contribution in [2.45, 2.75) is 24.9 Å². The molecule has 0 saturated heterocycles. The number of aromatic amines is 1. The van der Waals surface area contributed by atoms with Crippen LogP contribution in [0.25, 0.3) is 0 Å². The monoisotopic (exact) mass is 342 g/mol. The molecular formula is C17H18N4O2S. The van der Waals surface area contributed by atoms with E-state index in [1.54, 1.807) is 0 Å². The van der Waals surface area contributed by atoms with Crippen molar-refractivity contribution in [1.82, 2.24) is 15.3 Å². The molecule has 124 valence electrons. The van der Waals surface area contributed by atoms with Gasteiger partial charge in [-0.2, -0.15) is 5.26 Å². The van der Waals surface area contributed by atoms with Crippen molar-refractivity contribution < 1.29 is 4.79 Å². The van der Waals surface area contributed by atoms with Crippen molar-refractivity contribution in [3.63, 3.8) is 0 Å². The predicted molar refractivity (Wildman–Crippen MR) is 92.8 cm³/mol. The Balaban J connectivity index is 1.85. The summed E-state index contributed by atoms with van der Waals surface area (Å²) in [5.74, 6) is 0.0354.